The Morgan fingerprint density at radius 3 is 2.81 bits per heavy atom. The van der Waals surface area contributed by atoms with Gasteiger partial charge in [-0.25, -0.2) is 9.18 Å². The molecular weight excluding hydrogens is 275 g/mol. The van der Waals surface area contributed by atoms with Gasteiger partial charge in [0.05, 0.1) is 5.41 Å². The lowest BCUT2D eigenvalue weighted by atomic mass is 9.84. The highest BCUT2D eigenvalue weighted by Crippen LogP contribution is 2.34. The molecule has 0 aromatic heterocycles. The van der Waals surface area contributed by atoms with Crippen LogP contribution in [0.1, 0.15) is 25.3 Å². The van der Waals surface area contributed by atoms with Crippen molar-refractivity contribution >= 4 is 12.0 Å². The molecule has 2 rings (SSSR count). The Bertz CT molecular complexity index is 549. The van der Waals surface area contributed by atoms with Gasteiger partial charge in [0, 0.05) is 19.6 Å². The molecule has 21 heavy (non-hydrogen) atoms. The van der Waals surface area contributed by atoms with Crippen molar-refractivity contribution in [3.05, 3.63) is 35.6 Å². The molecule has 0 aliphatic carbocycles. The van der Waals surface area contributed by atoms with Crippen LogP contribution in [-0.2, 0) is 11.3 Å². The first-order valence-corrected chi connectivity index (χ1v) is 6.97. The number of carboxylic acid groups (broad SMARTS) is 1. The van der Waals surface area contributed by atoms with E-state index >= 15 is 0 Å². The van der Waals surface area contributed by atoms with Gasteiger partial charge in [-0.05, 0) is 30.5 Å². The van der Waals surface area contributed by atoms with Gasteiger partial charge >= 0.3 is 12.0 Å². The van der Waals surface area contributed by atoms with Crippen LogP contribution >= 0.6 is 0 Å². The Labute approximate surface area is 122 Å². The number of nitrogens with one attached hydrogen (secondary N) is 1. The average molecular weight is 294 g/mol. The highest BCUT2D eigenvalue weighted by molar-refractivity contribution is 5.79. The van der Waals surface area contributed by atoms with Crippen LogP contribution in [0.4, 0.5) is 9.18 Å². The minimum atomic E-state index is -0.856. The van der Waals surface area contributed by atoms with E-state index < -0.39 is 11.4 Å². The lowest BCUT2D eigenvalue weighted by Crippen LogP contribution is -2.41. The van der Waals surface area contributed by atoms with Crippen molar-refractivity contribution in [1.29, 1.82) is 0 Å². The molecule has 0 spiro atoms. The first kappa shape index (κ1) is 15.3. The Hall–Kier alpha value is -2.11. The second-order valence-electron chi connectivity index (χ2n) is 5.40. The zero-order chi connectivity index (χ0) is 15.5. The van der Waals surface area contributed by atoms with Crippen molar-refractivity contribution in [2.75, 3.05) is 13.1 Å². The number of carbonyl (C=O) groups excluding carboxylic acids is 1. The number of benzene rings is 1. The molecule has 114 valence electrons. The second-order valence-corrected chi connectivity index (χ2v) is 5.40. The molecule has 1 aliphatic rings. The van der Waals surface area contributed by atoms with Crippen LogP contribution in [0.5, 0.6) is 0 Å². The number of likely N-dealkylation sites (tertiary alicyclic amines) is 1. The number of hydrogen-bond donors (Lipinski definition) is 2. The van der Waals surface area contributed by atoms with Crippen LogP contribution in [0, 0.1) is 11.2 Å². The van der Waals surface area contributed by atoms with E-state index in [2.05, 4.69) is 5.32 Å². The average Bonchev–Trinajstić information content (AvgIpc) is 2.91. The maximum absolute atomic E-state index is 13.0. The van der Waals surface area contributed by atoms with Gasteiger partial charge in [0.1, 0.15) is 5.82 Å². The van der Waals surface area contributed by atoms with E-state index in [1.54, 1.807) is 12.1 Å². The van der Waals surface area contributed by atoms with Gasteiger partial charge in [-0.15, -0.1) is 0 Å². The molecule has 1 heterocycles. The summed E-state index contributed by atoms with van der Waals surface area (Å²) in [5.74, 6) is -1.20. The van der Waals surface area contributed by atoms with Gasteiger partial charge in [-0.3, -0.25) is 4.79 Å². The van der Waals surface area contributed by atoms with Crippen LogP contribution in [0.25, 0.3) is 0 Å². The third-order valence-electron chi connectivity index (χ3n) is 4.10. The number of rotatable bonds is 4. The van der Waals surface area contributed by atoms with E-state index in [0.29, 0.717) is 24.9 Å². The van der Waals surface area contributed by atoms with Gasteiger partial charge in [0.2, 0.25) is 0 Å². The van der Waals surface area contributed by atoms with Crippen LogP contribution in [0.2, 0.25) is 0 Å². The number of carbonyl (C=O) groups is 2. The lowest BCUT2D eigenvalue weighted by molar-refractivity contribution is -0.148. The van der Waals surface area contributed by atoms with Crippen molar-refractivity contribution in [3.63, 3.8) is 0 Å². The Balaban J connectivity index is 1.92. The molecule has 1 aromatic rings. The molecule has 0 saturated carbocycles. The lowest BCUT2D eigenvalue weighted by Gasteiger charge is -2.23. The highest BCUT2D eigenvalue weighted by atomic mass is 19.1. The summed E-state index contributed by atoms with van der Waals surface area (Å²) in [7, 11) is 0. The molecule has 1 unspecified atom stereocenters. The monoisotopic (exact) mass is 294 g/mol. The Morgan fingerprint density at radius 1 is 1.48 bits per heavy atom. The second kappa shape index (κ2) is 6.11. The van der Waals surface area contributed by atoms with Gasteiger partial charge in [0.15, 0.2) is 0 Å². The molecule has 6 heteroatoms. The van der Waals surface area contributed by atoms with E-state index in [0.717, 1.165) is 0 Å². The smallest absolute Gasteiger partial charge is 0.317 e. The molecule has 2 N–H and O–H groups in total. The number of carboxylic acids is 1. The maximum Gasteiger partial charge on any atom is 0.317 e. The van der Waals surface area contributed by atoms with Gasteiger partial charge in [0.25, 0.3) is 0 Å². The fourth-order valence-electron chi connectivity index (χ4n) is 2.60. The molecule has 5 nitrogen and oxygen atoms in total. The molecule has 1 atom stereocenters. The first-order chi connectivity index (χ1) is 9.97. The molecule has 1 saturated heterocycles. The standard InChI is InChI=1S/C15H19FN2O3/c1-2-15(13(19)20)6-7-18(10-15)14(21)17-9-11-4-3-5-12(16)8-11/h3-5,8H,2,6-7,9-10H2,1H3,(H,17,21)(H,19,20). The zero-order valence-corrected chi connectivity index (χ0v) is 11.9. The SMILES string of the molecule is CCC1(C(=O)O)CCN(C(=O)NCc2cccc(F)c2)C1. The largest absolute Gasteiger partial charge is 0.481 e. The van der Waals surface area contributed by atoms with E-state index in [4.69, 9.17) is 0 Å². The minimum Gasteiger partial charge on any atom is -0.481 e. The maximum atomic E-state index is 13.0. The summed E-state index contributed by atoms with van der Waals surface area (Å²) >= 11 is 0. The first-order valence-electron chi connectivity index (χ1n) is 6.97. The van der Waals surface area contributed by atoms with Crippen LogP contribution in [0.3, 0.4) is 0 Å². The predicted octanol–water partition coefficient (Wildman–Crippen LogP) is 2.22. The fraction of sp³-hybridized carbons (Fsp3) is 0.467. The van der Waals surface area contributed by atoms with Crippen LogP contribution in [0.15, 0.2) is 24.3 Å². The summed E-state index contributed by atoms with van der Waals surface area (Å²) < 4.78 is 13.0. The number of urea groups is 1. The summed E-state index contributed by atoms with van der Waals surface area (Å²) in [5, 5.41) is 12.0. The van der Waals surface area contributed by atoms with Gasteiger partial charge in [-0.1, -0.05) is 19.1 Å². The number of halogens is 1. The van der Waals surface area contributed by atoms with Crippen molar-refractivity contribution in [2.45, 2.75) is 26.3 Å². The normalized spacial score (nSPS) is 21.3. The number of nitrogens with zero attached hydrogens (tertiary/aromatic N) is 1. The molecule has 0 bridgehead atoms. The number of aliphatic carboxylic acids is 1. The van der Waals surface area contributed by atoms with E-state index in [1.807, 2.05) is 6.92 Å². The summed E-state index contributed by atoms with van der Waals surface area (Å²) in [6, 6.07) is 5.70. The van der Waals surface area contributed by atoms with Crippen molar-refractivity contribution < 1.29 is 19.1 Å². The van der Waals surface area contributed by atoms with E-state index in [1.165, 1.54) is 17.0 Å². The third kappa shape index (κ3) is 3.32. The predicted molar refractivity (Wildman–Crippen MR) is 75.2 cm³/mol. The molecule has 1 aliphatic heterocycles. The Morgan fingerprint density at radius 2 is 2.24 bits per heavy atom. The minimum absolute atomic E-state index is 0.216. The van der Waals surface area contributed by atoms with E-state index in [-0.39, 0.29) is 24.9 Å². The topological polar surface area (TPSA) is 69.6 Å². The van der Waals surface area contributed by atoms with Gasteiger partial charge < -0.3 is 15.3 Å². The third-order valence-corrected chi connectivity index (χ3v) is 4.10. The van der Waals surface area contributed by atoms with Crippen LogP contribution in [-0.4, -0.2) is 35.1 Å². The molecule has 2 amide bonds. The summed E-state index contributed by atoms with van der Waals surface area (Å²) in [5.41, 5.74) is -0.168. The van der Waals surface area contributed by atoms with Crippen molar-refractivity contribution in [2.24, 2.45) is 5.41 Å². The zero-order valence-electron chi connectivity index (χ0n) is 11.9. The highest BCUT2D eigenvalue weighted by Gasteiger charge is 2.44. The molecule has 1 aromatic carbocycles. The van der Waals surface area contributed by atoms with Crippen molar-refractivity contribution in [3.8, 4) is 0 Å². The van der Waals surface area contributed by atoms with Gasteiger partial charge in [-0.2, -0.15) is 0 Å². The van der Waals surface area contributed by atoms with Crippen LogP contribution < -0.4 is 5.32 Å². The molecule has 0 radical (unpaired) electrons. The van der Waals surface area contributed by atoms with E-state index in [9.17, 15) is 19.1 Å². The summed E-state index contributed by atoms with van der Waals surface area (Å²) in [4.78, 5) is 24.9. The summed E-state index contributed by atoms with van der Waals surface area (Å²) in [6.07, 6.45) is 0.961. The number of hydrogen-bond acceptors (Lipinski definition) is 2. The quantitative estimate of drug-likeness (QED) is 0.894. The molecular formula is C15H19FN2O3. The summed E-state index contributed by atoms with van der Waals surface area (Å²) in [6.45, 7) is 2.69. The Kier molecular flexibility index (Phi) is 4.45. The number of amides is 2. The van der Waals surface area contributed by atoms with Crippen molar-refractivity contribution in [1.82, 2.24) is 10.2 Å². The molecule has 1 fully saturated rings. The fourth-order valence-corrected chi connectivity index (χ4v) is 2.60.